The molecule has 4 nitrogen and oxygen atoms in total. The molecule has 1 atom stereocenters. The van der Waals surface area contributed by atoms with E-state index in [-0.39, 0.29) is 11.9 Å². The number of carbonyl (C=O) groups excluding carboxylic acids is 1. The van der Waals surface area contributed by atoms with Gasteiger partial charge in [0.25, 0.3) is 5.91 Å². The zero-order valence-corrected chi connectivity index (χ0v) is 14.6. The van der Waals surface area contributed by atoms with Crippen LogP contribution in [-0.4, -0.2) is 46.4 Å². The smallest absolute Gasteiger partial charge is 0.265 e. The van der Waals surface area contributed by atoms with E-state index in [2.05, 4.69) is 41.1 Å². The minimum atomic E-state index is 0.129. The first-order chi connectivity index (χ1) is 11.1. The molecule has 23 heavy (non-hydrogen) atoms. The van der Waals surface area contributed by atoms with E-state index < -0.39 is 0 Å². The quantitative estimate of drug-likeness (QED) is 0.868. The van der Waals surface area contributed by atoms with Crippen LogP contribution in [0.5, 0.6) is 0 Å². The van der Waals surface area contributed by atoms with E-state index in [9.17, 15) is 4.79 Å². The van der Waals surface area contributed by atoms with Gasteiger partial charge in [0.1, 0.15) is 4.88 Å². The molecular weight excluding hydrogens is 306 g/mol. The van der Waals surface area contributed by atoms with E-state index in [1.54, 1.807) is 6.20 Å². The van der Waals surface area contributed by atoms with E-state index >= 15 is 0 Å². The molecule has 2 heterocycles. The number of aryl methyl sites for hydroxylation is 1. The van der Waals surface area contributed by atoms with Gasteiger partial charge in [-0.2, -0.15) is 0 Å². The van der Waals surface area contributed by atoms with Gasteiger partial charge in [-0.05, 0) is 25.8 Å². The van der Waals surface area contributed by atoms with Gasteiger partial charge in [0.05, 0.1) is 11.2 Å². The molecule has 1 aliphatic heterocycles. The first-order valence-electron chi connectivity index (χ1n) is 8.13. The Morgan fingerprint density at radius 1 is 1.30 bits per heavy atom. The third-order valence-corrected chi connectivity index (χ3v) is 5.17. The fourth-order valence-electron chi connectivity index (χ4n) is 3.14. The average Bonchev–Trinajstić information content (AvgIpc) is 2.89. The highest BCUT2D eigenvalue weighted by Gasteiger charge is 2.27. The lowest BCUT2D eigenvalue weighted by Gasteiger charge is -2.28. The van der Waals surface area contributed by atoms with Crippen molar-refractivity contribution in [1.82, 2.24) is 14.8 Å². The number of hydrogen-bond acceptors (Lipinski definition) is 4. The maximum absolute atomic E-state index is 12.7. The summed E-state index contributed by atoms with van der Waals surface area (Å²) >= 11 is 1.49. The van der Waals surface area contributed by atoms with Crippen LogP contribution < -0.4 is 0 Å². The van der Waals surface area contributed by atoms with Crippen LogP contribution in [0.25, 0.3) is 0 Å². The van der Waals surface area contributed by atoms with Crippen molar-refractivity contribution < 1.29 is 4.79 Å². The Balaban J connectivity index is 1.66. The van der Waals surface area contributed by atoms with Crippen molar-refractivity contribution in [2.45, 2.75) is 32.9 Å². The van der Waals surface area contributed by atoms with Crippen LogP contribution in [0.15, 0.2) is 36.5 Å². The fourth-order valence-corrected chi connectivity index (χ4v) is 3.87. The molecular formula is C18H23N3OS. The third kappa shape index (κ3) is 3.98. The van der Waals surface area contributed by atoms with Gasteiger partial charge in [-0.1, -0.05) is 30.3 Å². The molecule has 0 spiro atoms. The van der Waals surface area contributed by atoms with Crippen LogP contribution in [0.1, 0.15) is 33.6 Å². The molecule has 1 aliphatic rings. The predicted molar refractivity (Wildman–Crippen MR) is 93.7 cm³/mol. The van der Waals surface area contributed by atoms with Gasteiger partial charge < -0.3 is 4.90 Å². The minimum absolute atomic E-state index is 0.129. The standard InChI is InChI=1S/C18H23N3OS/c1-14-12-20(13-16-7-4-3-5-8-16)9-6-10-21(14)18(22)17-11-19-15(2)23-17/h3-5,7-8,11,14H,6,9-10,12-13H2,1-2H3. The largest absolute Gasteiger partial charge is 0.334 e. The van der Waals surface area contributed by atoms with Crippen molar-refractivity contribution in [3.63, 3.8) is 0 Å². The summed E-state index contributed by atoms with van der Waals surface area (Å²) in [5.74, 6) is 0.129. The normalized spacial score (nSPS) is 19.6. The highest BCUT2D eigenvalue weighted by molar-refractivity contribution is 7.13. The van der Waals surface area contributed by atoms with Crippen molar-refractivity contribution in [1.29, 1.82) is 0 Å². The summed E-state index contributed by atoms with van der Waals surface area (Å²) in [6, 6.07) is 10.8. The Kier molecular flexibility index (Phi) is 5.08. The number of rotatable bonds is 3. The Hall–Kier alpha value is -1.72. The number of hydrogen-bond donors (Lipinski definition) is 0. The van der Waals surface area contributed by atoms with Crippen molar-refractivity contribution in [2.24, 2.45) is 0 Å². The number of carbonyl (C=O) groups is 1. The third-order valence-electron chi connectivity index (χ3n) is 4.27. The molecule has 0 radical (unpaired) electrons. The molecule has 1 amide bonds. The van der Waals surface area contributed by atoms with E-state index in [0.717, 1.165) is 42.5 Å². The number of nitrogens with zero attached hydrogens (tertiary/aromatic N) is 3. The molecule has 1 saturated heterocycles. The molecule has 1 aromatic heterocycles. The first-order valence-corrected chi connectivity index (χ1v) is 8.95. The molecule has 1 fully saturated rings. The zero-order chi connectivity index (χ0) is 16.2. The molecule has 2 aromatic rings. The van der Waals surface area contributed by atoms with E-state index in [1.807, 2.05) is 17.9 Å². The van der Waals surface area contributed by atoms with Crippen LogP contribution in [0, 0.1) is 6.92 Å². The SMILES string of the molecule is Cc1ncc(C(=O)N2CCCN(Cc3ccccc3)CC2C)s1. The van der Waals surface area contributed by atoms with Gasteiger partial charge in [-0.3, -0.25) is 9.69 Å². The Morgan fingerprint density at radius 2 is 2.09 bits per heavy atom. The van der Waals surface area contributed by atoms with Crippen molar-refractivity contribution in [3.8, 4) is 0 Å². The molecule has 3 rings (SSSR count). The summed E-state index contributed by atoms with van der Waals surface area (Å²) in [5.41, 5.74) is 1.33. The lowest BCUT2D eigenvalue weighted by Crippen LogP contribution is -2.42. The van der Waals surface area contributed by atoms with E-state index in [0.29, 0.717) is 0 Å². The van der Waals surface area contributed by atoms with Crippen LogP contribution in [0.4, 0.5) is 0 Å². The van der Waals surface area contributed by atoms with E-state index in [4.69, 9.17) is 0 Å². The summed E-state index contributed by atoms with van der Waals surface area (Å²) in [7, 11) is 0. The summed E-state index contributed by atoms with van der Waals surface area (Å²) in [4.78, 5) is 22.1. The molecule has 1 aromatic carbocycles. The van der Waals surface area contributed by atoms with Crippen LogP contribution in [-0.2, 0) is 6.54 Å². The van der Waals surface area contributed by atoms with Crippen LogP contribution in [0.2, 0.25) is 0 Å². The lowest BCUT2D eigenvalue weighted by molar-refractivity contribution is 0.0696. The summed E-state index contributed by atoms with van der Waals surface area (Å²) < 4.78 is 0. The second kappa shape index (κ2) is 7.23. The van der Waals surface area contributed by atoms with Gasteiger partial charge in [0.15, 0.2) is 0 Å². The highest BCUT2D eigenvalue weighted by atomic mass is 32.1. The second-order valence-corrected chi connectivity index (χ2v) is 7.40. The monoisotopic (exact) mass is 329 g/mol. The maximum atomic E-state index is 12.7. The number of benzene rings is 1. The molecule has 1 unspecified atom stereocenters. The van der Waals surface area contributed by atoms with Gasteiger partial charge >= 0.3 is 0 Å². The van der Waals surface area contributed by atoms with Crippen molar-refractivity contribution >= 4 is 17.2 Å². The lowest BCUT2D eigenvalue weighted by atomic mass is 10.2. The molecule has 0 aliphatic carbocycles. The topological polar surface area (TPSA) is 36.4 Å². The van der Waals surface area contributed by atoms with Crippen LogP contribution >= 0.6 is 11.3 Å². The van der Waals surface area contributed by atoms with Crippen molar-refractivity contribution in [2.75, 3.05) is 19.6 Å². The van der Waals surface area contributed by atoms with Crippen LogP contribution in [0.3, 0.4) is 0 Å². The van der Waals surface area contributed by atoms with Gasteiger partial charge in [0.2, 0.25) is 0 Å². The molecule has 0 saturated carbocycles. The Labute approximate surface area is 141 Å². The van der Waals surface area contributed by atoms with E-state index in [1.165, 1.54) is 16.9 Å². The molecule has 0 bridgehead atoms. The number of aromatic nitrogens is 1. The Morgan fingerprint density at radius 3 is 2.78 bits per heavy atom. The number of amides is 1. The number of thiazole rings is 1. The second-order valence-electron chi connectivity index (χ2n) is 6.17. The fraction of sp³-hybridized carbons (Fsp3) is 0.444. The minimum Gasteiger partial charge on any atom is -0.334 e. The maximum Gasteiger partial charge on any atom is 0.265 e. The summed E-state index contributed by atoms with van der Waals surface area (Å²) in [5, 5.41) is 0.946. The summed E-state index contributed by atoms with van der Waals surface area (Å²) in [6.45, 7) is 7.81. The first kappa shape index (κ1) is 16.1. The zero-order valence-electron chi connectivity index (χ0n) is 13.7. The van der Waals surface area contributed by atoms with Gasteiger partial charge in [-0.15, -0.1) is 11.3 Å². The Bertz CT molecular complexity index is 655. The highest BCUT2D eigenvalue weighted by Crippen LogP contribution is 2.19. The van der Waals surface area contributed by atoms with Gasteiger partial charge in [0, 0.05) is 32.2 Å². The van der Waals surface area contributed by atoms with Gasteiger partial charge in [-0.25, -0.2) is 4.98 Å². The summed E-state index contributed by atoms with van der Waals surface area (Å²) in [6.07, 6.45) is 2.72. The molecule has 0 N–H and O–H groups in total. The average molecular weight is 329 g/mol. The molecule has 5 heteroatoms. The van der Waals surface area contributed by atoms with Crippen molar-refractivity contribution in [3.05, 3.63) is 52.0 Å². The molecule has 122 valence electrons. The predicted octanol–water partition coefficient (Wildman–Crippen LogP) is 3.19.